The number of benzene rings is 2. The third-order valence-electron chi connectivity index (χ3n) is 4.92. The molecule has 27 heavy (non-hydrogen) atoms. The summed E-state index contributed by atoms with van der Waals surface area (Å²) in [5.74, 6) is 2.12. The Morgan fingerprint density at radius 3 is 2.78 bits per heavy atom. The van der Waals surface area contributed by atoms with Crippen LogP contribution >= 0.6 is 23.4 Å². The van der Waals surface area contributed by atoms with Crippen molar-refractivity contribution in [2.45, 2.75) is 30.2 Å². The Hall–Kier alpha value is -1.85. The highest BCUT2D eigenvalue weighted by molar-refractivity contribution is 8.00. The Morgan fingerprint density at radius 1 is 1.11 bits per heavy atom. The van der Waals surface area contributed by atoms with Crippen LogP contribution in [0.3, 0.4) is 0 Å². The summed E-state index contributed by atoms with van der Waals surface area (Å²) in [4.78, 5) is 15.8. The van der Waals surface area contributed by atoms with Crippen molar-refractivity contribution >= 4 is 29.3 Å². The van der Waals surface area contributed by atoms with Crippen LogP contribution in [0.2, 0.25) is 5.02 Å². The number of carbonyl (C=O) groups excluding carboxylic acids is 1. The normalized spacial score (nSPS) is 19.0. The maximum atomic E-state index is 12.9. The monoisotopic (exact) mass is 403 g/mol. The van der Waals surface area contributed by atoms with Crippen LogP contribution in [0.1, 0.15) is 30.9 Å². The molecule has 4 nitrogen and oxygen atoms in total. The van der Waals surface area contributed by atoms with Gasteiger partial charge in [0.05, 0.1) is 30.0 Å². The summed E-state index contributed by atoms with van der Waals surface area (Å²) < 4.78 is 11.5. The second kappa shape index (κ2) is 8.44. The minimum atomic E-state index is 0.0986. The predicted octanol–water partition coefficient (Wildman–Crippen LogP) is 4.96. The van der Waals surface area contributed by atoms with Gasteiger partial charge in [0.1, 0.15) is 0 Å². The maximum Gasteiger partial charge on any atom is 0.233 e. The molecule has 142 valence electrons. The molecule has 0 N–H and O–H groups in total. The molecule has 0 radical (unpaired) electrons. The van der Waals surface area contributed by atoms with E-state index >= 15 is 0 Å². The van der Waals surface area contributed by atoms with Crippen molar-refractivity contribution in [2.75, 3.05) is 25.5 Å². The zero-order valence-electron chi connectivity index (χ0n) is 15.0. The number of carbonyl (C=O) groups is 1. The second-order valence-electron chi connectivity index (χ2n) is 6.72. The van der Waals surface area contributed by atoms with Gasteiger partial charge in [-0.25, -0.2) is 0 Å². The number of likely N-dealkylation sites (tertiary alicyclic amines) is 1. The van der Waals surface area contributed by atoms with Crippen molar-refractivity contribution in [2.24, 2.45) is 0 Å². The number of amides is 1. The van der Waals surface area contributed by atoms with Crippen molar-refractivity contribution in [3.63, 3.8) is 0 Å². The van der Waals surface area contributed by atoms with Crippen molar-refractivity contribution in [3.8, 4) is 11.5 Å². The molecule has 0 unspecified atom stereocenters. The number of fused-ring (bicyclic) bond motifs is 1. The standard InChI is InChI=1S/C21H22ClNO3S/c22-16-5-1-2-7-20(16)27-14-21(24)23-10-3-6-17(23)15-8-9-18-19(13-15)26-12-4-11-25-18/h1-2,5,7-9,13,17H,3-4,6,10-12,14H2/t17-/m0/s1. The van der Waals surface area contributed by atoms with E-state index in [-0.39, 0.29) is 11.9 Å². The fourth-order valence-electron chi connectivity index (χ4n) is 3.58. The van der Waals surface area contributed by atoms with Crippen LogP contribution in [-0.2, 0) is 4.79 Å². The molecular formula is C21H22ClNO3S. The van der Waals surface area contributed by atoms with E-state index in [2.05, 4.69) is 6.07 Å². The number of rotatable bonds is 4. The van der Waals surface area contributed by atoms with Gasteiger partial charge in [0.2, 0.25) is 5.91 Å². The van der Waals surface area contributed by atoms with Crippen molar-refractivity contribution in [1.29, 1.82) is 0 Å². The van der Waals surface area contributed by atoms with Gasteiger partial charge in [-0.15, -0.1) is 11.8 Å². The molecule has 0 aliphatic carbocycles. The maximum absolute atomic E-state index is 12.9. The number of ether oxygens (including phenoxy) is 2. The quantitative estimate of drug-likeness (QED) is 0.676. The minimum absolute atomic E-state index is 0.0986. The van der Waals surface area contributed by atoms with Crippen LogP contribution in [0.4, 0.5) is 0 Å². The van der Waals surface area contributed by atoms with E-state index in [9.17, 15) is 4.79 Å². The number of halogens is 1. The minimum Gasteiger partial charge on any atom is -0.490 e. The molecule has 2 heterocycles. The zero-order valence-corrected chi connectivity index (χ0v) is 16.6. The molecule has 2 aromatic carbocycles. The van der Waals surface area contributed by atoms with E-state index in [1.807, 2.05) is 41.3 Å². The Bertz CT molecular complexity index is 829. The fraction of sp³-hybridized carbons (Fsp3) is 0.381. The van der Waals surface area contributed by atoms with E-state index in [1.54, 1.807) is 0 Å². The van der Waals surface area contributed by atoms with E-state index in [4.69, 9.17) is 21.1 Å². The largest absolute Gasteiger partial charge is 0.490 e. The van der Waals surface area contributed by atoms with Gasteiger partial charge in [-0.2, -0.15) is 0 Å². The summed E-state index contributed by atoms with van der Waals surface area (Å²) in [5.41, 5.74) is 1.12. The lowest BCUT2D eigenvalue weighted by atomic mass is 10.0. The van der Waals surface area contributed by atoms with E-state index in [0.717, 1.165) is 47.8 Å². The van der Waals surface area contributed by atoms with Crippen LogP contribution in [0.5, 0.6) is 11.5 Å². The van der Waals surface area contributed by atoms with E-state index in [0.29, 0.717) is 24.0 Å². The number of thioether (sulfide) groups is 1. The third kappa shape index (κ3) is 4.19. The first-order valence-corrected chi connectivity index (χ1v) is 10.6. The molecule has 1 amide bonds. The first-order valence-electron chi connectivity index (χ1n) is 9.29. The molecule has 0 bridgehead atoms. The highest BCUT2D eigenvalue weighted by Crippen LogP contribution is 2.38. The Labute approximate surface area is 168 Å². The second-order valence-corrected chi connectivity index (χ2v) is 8.15. The van der Waals surface area contributed by atoms with Crippen LogP contribution < -0.4 is 9.47 Å². The van der Waals surface area contributed by atoms with Gasteiger partial charge in [0.15, 0.2) is 11.5 Å². The molecule has 2 aromatic rings. The lowest BCUT2D eigenvalue weighted by Crippen LogP contribution is -2.32. The van der Waals surface area contributed by atoms with Gasteiger partial charge >= 0.3 is 0 Å². The molecule has 6 heteroatoms. The highest BCUT2D eigenvalue weighted by atomic mass is 35.5. The number of hydrogen-bond donors (Lipinski definition) is 0. The molecular weight excluding hydrogens is 382 g/mol. The average molecular weight is 404 g/mol. The Kier molecular flexibility index (Phi) is 5.79. The molecule has 1 fully saturated rings. The smallest absolute Gasteiger partial charge is 0.233 e. The van der Waals surface area contributed by atoms with Crippen molar-refractivity contribution < 1.29 is 14.3 Å². The van der Waals surface area contributed by atoms with E-state index in [1.165, 1.54) is 11.8 Å². The Morgan fingerprint density at radius 2 is 1.93 bits per heavy atom. The van der Waals surface area contributed by atoms with Crippen LogP contribution in [-0.4, -0.2) is 36.3 Å². The van der Waals surface area contributed by atoms with Gasteiger partial charge in [0.25, 0.3) is 0 Å². The van der Waals surface area contributed by atoms with Gasteiger partial charge in [-0.3, -0.25) is 4.79 Å². The molecule has 2 aliphatic rings. The first-order chi connectivity index (χ1) is 13.2. The first kappa shape index (κ1) is 18.5. The summed E-state index contributed by atoms with van der Waals surface area (Å²) in [7, 11) is 0. The summed E-state index contributed by atoms with van der Waals surface area (Å²) in [6.45, 7) is 2.14. The molecule has 2 aliphatic heterocycles. The van der Waals surface area contributed by atoms with Crippen LogP contribution in [0.25, 0.3) is 0 Å². The van der Waals surface area contributed by atoms with Crippen LogP contribution in [0.15, 0.2) is 47.4 Å². The fourth-order valence-corrected chi connectivity index (χ4v) is 4.71. The van der Waals surface area contributed by atoms with Crippen molar-refractivity contribution in [3.05, 3.63) is 53.1 Å². The predicted molar refractivity (Wildman–Crippen MR) is 108 cm³/mol. The SMILES string of the molecule is O=C(CSc1ccccc1Cl)N1CCC[C@H]1c1ccc2c(c1)OCCCO2. The number of nitrogens with zero attached hydrogens (tertiary/aromatic N) is 1. The van der Waals surface area contributed by atoms with Gasteiger partial charge in [-0.05, 0) is 42.7 Å². The molecule has 1 atom stereocenters. The Balaban J connectivity index is 1.46. The zero-order chi connectivity index (χ0) is 18.6. The summed E-state index contributed by atoms with van der Waals surface area (Å²) in [6, 6.07) is 13.8. The molecule has 0 saturated carbocycles. The van der Waals surface area contributed by atoms with Gasteiger partial charge in [0, 0.05) is 17.9 Å². The van der Waals surface area contributed by atoms with E-state index < -0.39 is 0 Å². The number of hydrogen-bond acceptors (Lipinski definition) is 4. The van der Waals surface area contributed by atoms with Crippen LogP contribution in [0, 0.1) is 0 Å². The summed E-state index contributed by atoms with van der Waals surface area (Å²) in [5, 5.41) is 0.691. The average Bonchev–Trinajstić information content (AvgIpc) is 3.06. The summed E-state index contributed by atoms with van der Waals surface area (Å²) >= 11 is 7.70. The highest BCUT2D eigenvalue weighted by Gasteiger charge is 2.30. The molecule has 4 rings (SSSR count). The lowest BCUT2D eigenvalue weighted by Gasteiger charge is -2.25. The van der Waals surface area contributed by atoms with Gasteiger partial charge < -0.3 is 14.4 Å². The molecule has 1 saturated heterocycles. The van der Waals surface area contributed by atoms with Gasteiger partial charge in [-0.1, -0.05) is 29.8 Å². The summed E-state index contributed by atoms with van der Waals surface area (Å²) in [6.07, 6.45) is 2.88. The third-order valence-corrected chi connectivity index (χ3v) is 6.42. The van der Waals surface area contributed by atoms with Crippen molar-refractivity contribution in [1.82, 2.24) is 4.90 Å². The topological polar surface area (TPSA) is 38.8 Å². The lowest BCUT2D eigenvalue weighted by molar-refractivity contribution is -0.129. The molecule has 0 aromatic heterocycles. The molecule has 0 spiro atoms.